The van der Waals surface area contributed by atoms with E-state index in [4.69, 9.17) is 0 Å². The van der Waals surface area contributed by atoms with E-state index in [1.54, 1.807) is 33.5 Å². The number of nitrogens with zero attached hydrogens (tertiary/aromatic N) is 3. The molecule has 2 aromatic heterocycles. The Bertz CT molecular complexity index is 758. The summed E-state index contributed by atoms with van der Waals surface area (Å²) in [5, 5.41) is 5.63. The van der Waals surface area contributed by atoms with Gasteiger partial charge in [-0.15, -0.1) is 11.3 Å². The van der Waals surface area contributed by atoms with Crippen LogP contribution in [0.15, 0.2) is 10.3 Å². The van der Waals surface area contributed by atoms with E-state index >= 15 is 0 Å². The second-order valence-corrected chi connectivity index (χ2v) is 6.63. The van der Waals surface area contributed by atoms with Gasteiger partial charge >= 0.3 is 6.03 Å². The topological polar surface area (TPSA) is 83.0 Å². The molecule has 0 aromatic carbocycles. The van der Waals surface area contributed by atoms with E-state index in [1.165, 1.54) is 0 Å². The van der Waals surface area contributed by atoms with E-state index in [1.807, 2.05) is 0 Å². The van der Waals surface area contributed by atoms with Crippen LogP contribution in [0.4, 0.5) is 10.6 Å². The van der Waals surface area contributed by atoms with E-state index in [0.29, 0.717) is 31.2 Å². The first kappa shape index (κ1) is 14.8. The molecule has 3 rings (SSSR count). The average molecular weight is 321 g/mol. The van der Waals surface area contributed by atoms with Crippen LogP contribution in [0.1, 0.15) is 35.9 Å². The lowest BCUT2D eigenvalue weighted by Crippen LogP contribution is -2.40. The molecule has 0 aliphatic carbocycles. The quantitative estimate of drug-likeness (QED) is 0.886. The molecular weight excluding hydrogens is 302 g/mol. The van der Waals surface area contributed by atoms with Gasteiger partial charge in [-0.05, 0) is 12.3 Å². The van der Waals surface area contributed by atoms with Crippen LogP contribution in [0.5, 0.6) is 0 Å². The molecular formula is C14H19N5O2S. The summed E-state index contributed by atoms with van der Waals surface area (Å²) in [7, 11) is 1.79. The maximum Gasteiger partial charge on any atom is 0.323 e. The molecule has 3 heterocycles. The molecule has 1 aliphatic rings. The van der Waals surface area contributed by atoms with Crippen LogP contribution in [0.3, 0.4) is 0 Å². The van der Waals surface area contributed by atoms with Gasteiger partial charge in [0, 0.05) is 19.2 Å². The summed E-state index contributed by atoms with van der Waals surface area (Å²) in [5.74, 6) is 0.958. The van der Waals surface area contributed by atoms with Crippen molar-refractivity contribution in [3.63, 3.8) is 0 Å². The fraction of sp³-hybridized carbons (Fsp3) is 0.500. The number of carbonyl (C=O) groups excluding carboxylic acids is 1. The SMILES string of the molecule is CC(C)c1scnc1NC(=O)N1CCc2c(n(C)[nH]c2=O)C1. The number of fused-ring (bicyclic) bond motifs is 1. The van der Waals surface area contributed by atoms with Crippen molar-refractivity contribution in [3.05, 3.63) is 32.0 Å². The highest BCUT2D eigenvalue weighted by atomic mass is 32.1. The Morgan fingerprint density at radius 1 is 1.50 bits per heavy atom. The molecule has 0 bridgehead atoms. The van der Waals surface area contributed by atoms with Gasteiger partial charge in [-0.3, -0.25) is 19.9 Å². The van der Waals surface area contributed by atoms with Crippen LogP contribution in [0.25, 0.3) is 0 Å². The third-order valence-corrected chi connectivity index (χ3v) is 5.03. The third-order valence-electron chi connectivity index (χ3n) is 3.90. The van der Waals surface area contributed by atoms with Gasteiger partial charge in [0.1, 0.15) is 5.82 Å². The van der Waals surface area contributed by atoms with Crippen LogP contribution in [0, 0.1) is 0 Å². The van der Waals surface area contributed by atoms with Gasteiger partial charge in [-0.25, -0.2) is 9.78 Å². The highest BCUT2D eigenvalue weighted by Gasteiger charge is 2.26. The van der Waals surface area contributed by atoms with Gasteiger partial charge in [0.2, 0.25) is 0 Å². The van der Waals surface area contributed by atoms with Gasteiger partial charge in [0.05, 0.1) is 22.6 Å². The summed E-state index contributed by atoms with van der Waals surface area (Å²) in [6, 6.07) is -0.174. The molecule has 2 amide bonds. The van der Waals surface area contributed by atoms with E-state index in [9.17, 15) is 9.59 Å². The zero-order valence-corrected chi connectivity index (χ0v) is 13.7. The Kier molecular flexibility index (Phi) is 3.78. The van der Waals surface area contributed by atoms with Gasteiger partial charge in [-0.2, -0.15) is 0 Å². The Morgan fingerprint density at radius 2 is 2.27 bits per heavy atom. The molecule has 0 radical (unpaired) electrons. The van der Waals surface area contributed by atoms with Gasteiger partial charge < -0.3 is 4.90 Å². The number of rotatable bonds is 2. The molecule has 0 saturated carbocycles. The highest BCUT2D eigenvalue weighted by molar-refractivity contribution is 7.10. The lowest BCUT2D eigenvalue weighted by atomic mass is 10.1. The zero-order valence-electron chi connectivity index (χ0n) is 12.8. The average Bonchev–Trinajstić information content (AvgIpc) is 3.04. The fourth-order valence-electron chi connectivity index (χ4n) is 2.70. The summed E-state index contributed by atoms with van der Waals surface area (Å²) < 4.78 is 1.69. The molecule has 0 unspecified atom stereocenters. The number of urea groups is 1. The first-order valence-corrected chi connectivity index (χ1v) is 8.11. The second-order valence-electron chi connectivity index (χ2n) is 5.75. The number of nitrogens with one attached hydrogen (secondary N) is 2. The molecule has 7 nitrogen and oxygen atoms in total. The summed E-state index contributed by atoms with van der Waals surface area (Å²) in [4.78, 5) is 31.2. The predicted octanol–water partition coefficient (Wildman–Crippen LogP) is 1.88. The largest absolute Gasteiger partial charge is 0.323 e. The lowest BCUT2D eigenvalue weighted by molar-refractivity contribution is 0.204. The number of hydrogen-bond donors (Lipinski definition) is 2. The van der Waals surface area contributed by atoms with Gasteiger partial charge in [0.15, 0.2) is 0 Å². The van der Waals surface area contributed by atoms with Crippen molar-refractivity contribution in [1.29, 1.82) is 0 Å². The maximum absolute atomic E-state index is 12.5. The third kappa shape index (κ3) is 2.54. The number of anilines is 1. The minimum atomic E-state index is -0.174. The number of hydrogen-bond acceptors (Lipinski definition) is 4. The molecule has 0 saturated heterocycles. The van der Waals surface area contributed by atoms with Crippen LogP contribution in [0.2, 0.25) is 0 Å². The number of amides is 2. The molecule has 22 heavy (non-hydrogen) atoms. The fourth-order valence-corrected chi connectivity index (χ4v) is 3.46. The molecule has 1 aliphatic heterocycles. The standard InChI is InChI=1S/C14H19N5O2S/c1-8(2)11-12(15-7-22-11)16-14(21)19-5-4-9-10(6-19)18(3)17-13(9)20/h7-8H,4-6H2,1-3H3,(H,16,21)(H,17,20). The Hall–Kier alpha value is -2.09. The van der Waals surface area contributed by atoms with Gasteiger partial charge in [-0.1, -0.05) is 13.8 Å². The van der Waals surface area contributed by atoms with Crippen LogP contribution < -0.4 is 10.9 Å². The van der Waals surface area contributed by atoms with Crippen LogP contribution in [-0.2, 0) is 20.0 Å². The number of H-pyrrole nitrogens is 1. The molecule has 2 aromatic rings. The molecule has 0 atom stereocenters. The first-order valence-electron chi connectivity index (χ1n) is 7.23. The molecule has 0 spiro atoms. The number of aromatic nitrogens is 3. The van der Waals surface area contributed by atoms with Crippen molar-refractivity contribution in [2.75, 3.05) is 11.9 Å². The zero-order chi connectivity index (χ0) is 15.9. The number of carbonyl (C=O) groups is 1. The van der Waals surface area contributed by atoms with Crippen molar-refractivity contribution >= 4 is 23.2 Å². The van der Waals surface area contributed by atoms with E-state index in [-0.39, 0.29) is 11.6 Å². The molecule has 0 fully saturated rings. The van der Waals surface area contributed by atoms with E-state index < -0.39 is 0 Å². The maximum atomic E-state index is 12.5. The number of thiazole rings is 1. The summed E-state index contributed by atoms with van der Waals surface area (Å²) in [6.45, 7) is 5.11. The second kappa shape index (κ2) is 5.60. The minimum absolute atomic E-state index is 0.0563. The smallest absolute Gasteiger partial charge is 0.318 e. The van der Waals surface area contributed by atoms with Crippen molar-refractivity contribution in [3.8, 4) is 0 Å². The summed E-state index contributed by atoms with van der Waals surface area (Å²) in [5.41, 5.74) is 3.34. The first-order chi connectivity index (χ1) is 10.5. The monoisotopic (exact) mass is 321 g/mol. The summed E-state index contributed by atoms with van der Waals surface area (Å²) in [6.07, 6.45) is 0.576. The number of aryl methyl sites for hydroxylation is 1. The molecule has 2 N–H and O–H groups in total. The summed E-state index contributed by atoms with van der Waals surface area (Å²) >= 11 is 1.55. The van der Waals surface area contributed by atoms with Crippen molar-refractivity contribution in [2.24, 2.45) is 7.05 Å². The van der Waals surface area contributed by atoms with Crippen LogP contribution >= 0.6 is 11.3 Å². The molecule has 118 valence electrons. The van der Waals surface area contributed by atoms with Crippen molar-refractivity contribution in [1.82, 2.24) is 19.7 Å². The normalized spacial score (nSPS) is 14.3. The van der Waals surface area contributed by atoms with Crippen molar-refractivity contribution in [2.45, 2.75) is 32.7 Å². The molecule has 8 heteroatoms. The van der Waals surface area contributed by atoms with Gasteiger partial charge in [0.25, 0.3) is 5.56 Å². The Labute approximate surface area is 132 Å². The minimum Gasteiger partial charge on any atom is -0.318 e. The van der Waals surface area contributed by atoms with Crippen LogP contribution in [-0.4, -0.2) is 32.2 Å². The predicted molar refractivity (Wildman–Crippen MR) is 85.4 cm³/mol. The highest BCUT2D eigenvalue weighted by Crippen LogP contribution is 2.27. The van der Waals surface area contributed by atoms with Crippen molar-refractivity contribution < 1.29 is 4.79 Å². The van der Waals surface area contributed by atoms with E-state index in [0.717, 1.165) is 16.1 Å². The Balaban J connectivity index is 1.75. The lowest BCUT2D eigenvalue weighted by Gasteiger charge is -2.27. The number of aromatic amines is 1. The Morgan fingerprint density at radius 3 is 3.00 bits per heavy atom. The van der Waals surface area contributed by atoms with E-state index in [2.05, 4.69) is 29.2 Å².